The molecule has 0 saturated heterocycles. The summed E-state index contributed by atoms with van der Waals surface area (Å²) in [6, 6.07) is 8.28. The van der Waals surface area contributed by atoms with E-state index in [0.717, 1.165) is 31.8 Å². The average Bonchev–Trinajstić information content (AvgIpc) is 2.83. The molecule has 0 fully saturated rings. The van der Waals surface area contributed by atoms with Crippen LogP contribution < -0.4 is 5.73 Å². The number of benzene rings is 2. The summed E-state index contributed by atoms with van der Waals surface area (Å²) in [5, 5.41) is 1.02. The van der Waals surface area contributed by atoms with Crippen LogP contribution in [0.5, 0.6) is 0 Å². The molecule has 4 heteroatoms. The zero-order chi connectivity index (χ0) is 14.4. The van der Waals surface area contributed by atoms with Gasteiger partial charge in [0.1, 0.15) is 5.01 Å². The number of rotatable bonds is 1. The standard InChI is InChI=1S/C16H15BrN2S/c1-8-4-5-11(6-13(8)18)16-19-15-10(3)9(2)12(17)7-14(15)20-16/h4-7H,18H2,1-3H3. The van der Waals surface area contributed by atoms with E-state index < -0.39 is 0 Å². The van der Waals surface area contributed by atoms with Gasteiger partial charge >= 0.3 is 0 Å². The molecule has 3 aromatic rings. The predicted octanol–water partition coefficient (Wildman–Crippen LogP) is 5.23. The van der Waals surface area contributed by atoms with Crippen LogP contribution in [0.4, 0.5) is 5.69 Å². The maximum atomic E-state index is 6.00. The van der Waals surface area contributed by atoms with Gasteiger partial charge in [0, 0.05) is 15.7 Å². The third kappa shape index (κ3) is 2.13. The van der Waals surface area contributed by atoms with Crippen molar-refractivity contribution in [2.24, 2.45) is 0 Å². The highest BCUT2D eigenvalue weighted by atomic mass is 79.9. The van der Waals surface area contributed by atoms with Gasteiger partial charge in [-0.05, 0) is 49.6 Å². The maximum Gasteiger partial charge on any atom is 0.124 e. The summed E-state index contributed by atoms with van der Waals surface area (Å²) in [4.78, 5) is 4.80. The third-order valence-corrected chi connectivity index (χ3v) is 5.59. The van der Waals surface area contributed by atoms with Crippen molar-refractivity contribution in [2.45, 2.75) is 20.8 Å². The van der Waals surface area contributed by atoms with E-state index in [1.807, 2.05) is 19.1 Å². The van der Waals surface area contributed by atoms with Crippen LogP contribution in [-0.4, -0.2) is 4.98 Å². The van der Waals surface area contributed by atoms with Gasteiger partial charge in [-0.1, -0.05) is 28.1 Å². The van der Waals surface area contributed by atoms with Gasteiger partial charge in [0.05, 0.1) is 10.2 Å². The van der Waals surface area contributed by atoms with E-state index in [0.29, 0.717) is 0 Å². The zero-order valence-electron chi connectivity index (χ0n) is 11.6. The Labute approximate surface area is 130 Å². The van der Waals surface area contributed by atoms with Crippen LogP contribution in [0.15, 0.2) is 28.7 Å². The summed E-state index contributed by atoms with van der Waals surface area (Å²) in [7, 11) is 0. The van der Waals surface area contributed by atoms with Gasteiger partial charge in [-0.3, -0.25) is 0 Å². The molecule has 0 aliphatic carbocycles. The predicted molar refractivity (Wildman–Crippen MR) is 91.4 cm³/mol. The Morgan fingerprint density at radius 1 is 1.10 bits per heavy atom. The van der Waals surface area contributed by atoms with Crippen molar-refractivity contribution in [1.29, 1.82) is 0 Å². The fraction of sp³-hybridized carbons (Fsp3) is 0.188. The molecule has 0 bridgehead atoms. The summed E-state index contributed by atoms with van der Waals surface area (Å²) in [5.74, 6) is 0. The minimum Gasteiger partial charge on any atom is -0.398 e. The Morgan fingerprint density at radius 2 is 1.85 bits per heavy atom. The number of aryl methyl sites for hydroxylation is 2. The Hall–Kier alpha value is -1.39. The van der Waals surface area contributed by atoms with E-state index in [1.54, 1.807) is 11.3 Å². The number of anilines is 1. The number of hydrogen-bond donors (Lipinski definition) is 1. The Morgan fingerprint density at radius 3 is 2.55 bits per heavy atom. The van der Waals surface area contributed by atoms with E-state index in [9.17, 15) is 0 Å². The Bertz CT molecular complexity index is 821. The first-order valence-corrected chi connectivity index (χ1v) is 8.01. The fourth-order valence-electron chi connectivity index (χ4n) is 2.18. The minimum atomic E-state index is 0.816. The number of fused-ring (bicyclic) bond motifs is 1. The van der Waals surface area contributed by atoms with Gasteiger partial charge < -0.3 is 5.73 Å². The van der Waals surface area contributed by atoms with Gasteiger partial charge in [0.15, 0.2) is 0 Å². The number of hydrogen-bond acceptors (Lipinski definition) is 3. The molecule has 0 unspecified atom stereocenters. The highest BCUT2D eigenvalue weighted by Gasteiger charge is 2.12. The van der Waals surface area contributed by atoms with Crippen LogP contribution in [0, 0.1) is 20.8 Å². The third-order valence-electron chi connectivity index (χ3n) is 3.71. The van der Waals surface area contributed by atoms with Crippen LogP contribution in [0.2, 0.25) is 0 Å². The molecule has 3 rings (SSSR count). The molecule has 0 spiro atoms. The average molecular weight is 347 g/mol. The number of nitrogen functional groups attached to an aromatic ring is 1. The molecule has 0 radical (unpaired) electrons. The zero-order valence-corrected chi connectivity index (χ0v) is 14.0. The van der Waals surface area contributed by atoms with Crippen LogP contribution in [-0.2, 0) is 0 Å². The Balaban J connectivity index is 2.23. The molecule has 0 atom stereocenters. The van der Waals surface area contributed by atoms with E-state index in [4.69, 9.17) is 10.7 Å². The van der Waals surface area contributed by atoms with Crippen LogP contribution >= 0.6 is 27.3 Å². The molecule has 2 nitrogen and oxygen atoms in total. The van der Waals surface area contributed by atoms with Crippen LogP contribution in [0.3, 0.4) is 0 Å². The lowest BCUT2D eigenvalue weighted by Gasteiger charge is -2.02. The number of thiazole rings is 1. The summed E-state index contributed by atoms with van der Waals surface area (Å²) in [6.07, 6.45) is 0. The molecule has 1 aromatic heterocycles. The van der Waals surface area contributed by atoms with Crippen molar-refractivity contribution in [2.75, 3.05) is 5.73 Å². The fourth-order valence-corrected chi connectivity index (χ4v) is 3.92. The molecule has 0 amide bonds. The molecular formula is C16H15BrN2S. The van der Waals surface area contributed by atoms with E-state index in [2.05, 4.69) is 41.9 Å². The smallest absolute Gasteiger partial charge is 0.124 e. The first-order chi connectivity index (χ1) is 9.47. The lowest BCUT2D eigenvalue weighted by Crippen LogP contribution is -1.89. The van der Waals surface area contributed by atoms with Crippen molar-refractivity contribution in [3.05, 3.63) is 45.4 Å². The van der Waals surface area contributed by atoms with Crippen molar-refractivity contribution in [3.63, 3.8) is 0 Å². The highest BCUT2D eigenvalue weighted by Crippen LogP contribution is 2.36. The van der Waals surface area contributed by atoms with E-state index >= 15 is 0 Å². The summed E-state index contributed by atoms with van der Waals surface area (Å²) in [6.45, 7) is 6.25. The number of nitrogens with zero attached hydrogens (tertiary/aromatic N) is 1. The summed E-state index contributed by atoms with van der Waals surface area (Å²) < 4.78 is 2.34. The summed E-state index contributed by atoms with van der Waals surface area (Å²) in [5.41, 5.74) is 12.6. The Kier molecular flexibility index (Phi) is 3.30. The lowest BCUT2D eigenvalue weighted by molar-refractivity contribution is 1.32. The lowest BCUT2D eigenvalue weighted by atomic mass is 10.1. The van der Waals surface area contributed by atoms with Gasteiger partial charge in [-0.15, -0.1) is 11.3 Å². The molecule has 1 heterocycles. The number of halogens is 1. The molecule has 20 heavy (non-hydrogen) atoms. The maximum absolute atomic E-state index is 6.00. The minimum absolute atomic E-state index is 0.816. The van der Waals surface area contributed by atoms with Crippen molar-refractivity contribution in [1.82, 2.24) is 4.98 Å². The summed E-state index contributed by atoms with van der Waals surface area (Å²) >= 11 is 5.32. The molecular weight excluding hydrogens is 332 g/mol. The molecule has 2 aromatic carbocycles. The molecule has 2 N–H and O–H groups in total. The molecule has 102 valence electrons. The first-order valence-electron chi connectivity index (χ1n) is 6.40. The first kappa shape index (κ1) is 13.6. The van der Waals surface area contributed by atoms with Gasteiger partial charge in [0.25, 0.3) is 0 Å². The van der Waals surface area contributed by atoms with E-state index in [-0.39, 0.29) is 0 Å². The molecule has 0 aliphatic heterocycles. The van der Waals surface area contributed by atoms with Gasteiger partial charge in [-0.2, -0.15) is 0 Å². The largest absolute Gasteiger partial charge is 0.398 e. The van der Waals surface area contributed by atoms with Crippen molar-refractivity contribution in [3.8, 4) is 10.6 Å². The normalized spacial score (nSPS) is 11.2. The number of aromatic nitrogens is 1. The highest BCUT2D eigenvalue weighted by molar-refractivity contribution is 9.10. The number of nitrogens with two attached hydrogens (primary N) is 1. The van der Waals surface area contributed by atoms with Crippen molar-refractivity contribution < 1.29 is 0 Å². The van der Waals surface area contributed by atoms with E-state index in [1.165, 1.54) is 15.8 Å². The van der Waals surface area contributed by atoms with Crippen LogP contribution in [0.25, 0.3) is 20.8 Å². The van der Waals surface area contributed by atoms with Crippen LogP contribution in [0.1, 0.15) is 16.7 Å². The molecule has 0 aliphatic rings. The monoisotopic (exact) mass is 346 g/mol. The second-order valence-electron chi connectivity index (χ2n) is 5.05. The quantitative estimate of drug-likeness (QED) is 0.612. The second kappa shape index (κ2) is 4.86. The second-order valence-corrected chi connectivity index (χ2v) is 6.93. The topological polar surface area (TPSA) is 38.9 Å². The van der Waals surface area contributed by atoms with Crippen molar-refractivity contribution >= 4 is 43.2 Å². The molecule has 0 saturated carbocycles. The SMILES string of the molecule is Cc1ccc(-c2nc3c(C)c(C)c(Br)cc3s2)cc1N. The van der Waals surface area contributed by atoms with Gasteiger partial charge in [-0.25, -0.2) is 4.98 Å². The van der Waals surface area contributed by atoms with Gasteiger partial charge in [0.2, 0.25) is 0 Å².